The minimum atomic E-state index is -4.82. The molecule has 0 bridgehead atoms. The molecule has 0 spiro atoms. The highest BCUT2D eigenvalue weighted by molar-refractivity contribution is 6.30. The zero-order chi connectivity index (χ0) is 26.6. The van der Waals surface area contributed by atoms with Gasteiger partial charge in [-0.05, 0) is 62.1 Å². The Hall–Kier alpha value is -3.05. The molecule has 0 atom stereocenters. The summed E-state index contributed by atoms with van der Waals surface area (Å²) in [7, 11) is 0. The van der Waals surface area contributed by atoms with E-state index in [9.17, 15) is 28.1 Å². The molecule has 1 amide bonds. The zero-order valence-corrected chi connectivity index (χ0v) is 20.8. The van der Waals surface area contributed by atoms with Gasteiger partial charge in [0, 0.05) is 54.7 Å². The molecule has 1 aliphatic heterocycles. The van der Waals surface area contributed by atoms with Crippen molar-refractivity contribution < 1.29 is 27.6 Å². The Balaban J connectivity index is 1.20. The first-order valence-corrected chi connectivity index (χ1v) is 12.5. The van der Waals surface area contributed by atoms with Crippen LogP contribution in [-0.2, 0) is 15.7 Å². The number of nitrogens with one attached hydrogen (secondary N) is 1. The van der Waals surface area contributed by atoms with E-state index in [0.717, 1.165) is 30.9 Å². The van der Waals surface area contributed by atoms with E-state index in [2.05, 4.69) is 10.2 Å². The first-order chi connectivity index (χ1) is 17.6. The second-order valence-corrected chi connectivity index (χ2v) is 9.70. The number of carbonyl (C=O) groups excluding carboxylic acids is 1. The van der Waals surface area contributed by atoms with Crippen molar-refractivity contribution in [3.63, 3.8) is 0 Å². The highest BCUT2D eigenvalue weighted by Crippen LogP contribution is 2.38. The second-order valence-electron chi connectivity index (χ2n) is 9.26. The van der Waals surface area contributed by atoms with Crippen LogP contribution < -0.4 is 10.2 Å². The maximum Gasteiger partial charge on any atom is 0.423 e. The average Bonchev–Trinajstić information content (AvgIpc) is 2.88. The van der Waals surface area contributed by atoms with Crippen molar-refractivity contribution in [2.45, 2.75) is 44.0 Å². The molecule has 8 nitrogen and oxygen atoms in total. The summed E-state index contributed by atoms with van der Waals surface area (Å²) in [4.78, 5) is 26.5. The molecule has 0 unspecified atom stereocenters. The fraction of sp³-hybridized carbons (Fsp3) is 0.480. The Morgan fingerprint density at radius 1 is 1.05 bits per heavy atom. The van der Waals surface area contributed by atoms with Gasteiger partial charge in [-0.15, -0.1) is 0 Å². The molecular formula is C25H28ClF3N4O4. The SMILES string of the molecule is O=C(COC1CCC(Nc2ccc([N+](=O)[O-])c(C(F)(F)F)c2)CC1)N1CCN(c2ccc(Cl)cc2)CC1. The summed E-state index contributed by atoms with van der Waals surface area (Å²) in [6.07, 6.45) is -2.29. The highest BCUT2D eigenvalue weighted by Gasteiger charge is 2.38. The van der Waals surface area contributed by atoms with Crippen LogP contribution in [0.25, 0.3) is 0 Å². The molecule has 1 aliphatic carbocycles. The maximum absolute atomic E-state index is 13.2. The van der Waals surface area contributed by atoms with Gasteiger partial charge in [0.25, 0.3) is 5.69 Å². The van der Waals surface area contributed by atoms with E-state index in [0.29, 0.717) is 43.8 Å². The fourth-order valence-electron chi connectivity index (χ4n) is 4.77. The number of alkyl halides is 3. The molecule has 4 rings (SSSR count). The second kappa shape index (κ2) is 11.6. The first-order valence-electron chi connectivity index (χ1n) is 12.1. The minimum Gasteiger partial charge on any atom is -0.382 e. The van der Waals surface area contributed by atoms with Gasteiger partial charge in [-0.2, -0.15) is 13.2 Å². The molecule has 0 radical (unpaired) electrons. The van der Waals surface area contributed by atoms with Crippen molar-refractivity contribution in [2.24, 2.45) is 0 Å². The van der Waals surface area contributed by atoms with Crippen molar-refractivity contribution in [3.8, 4) is 0 Å². The summed E-state index contributed by atoms with van der Waals surface area (Å²) in [5, 5.41) is 14.7. The number of piperazine rings is 1. The molecule has 0 aromatic heterocycles. The summed E-state index contributed by atoms with van der Waals surface area (Å²) in [6, 6.07) is 10.5. The summed E-state index contributed by atoms with van der Waals surface area (Å²) in [5.74, 6) is -0.0541. The number of hydrogen-bond donors (Lipinski definition) is 1. The highest BCUT2D eigenvalue weighted by atomic mass is 35.5. The predicted molar refractivity (Wildman–Crippen MR) is 134 cm³/mol. The summed E-state index contributed by atoms with van der Waals surface area (Å²) < 4.78 is 45.5. The van der Waals surface area contributed by atoms with Crippen LogP contribution in [0.1, 0.15) is 31.2 Å². The van der Waals surface area contributed by atoms with Crippen LogP contribution in [0.4, 0.5) is 30.2 Å². The Bertz CT molecular complexity index is 1100. The van der Waals surface area contributed by atoms with Crippen molar-refractivity contribution in [1.82, 2.24) is 4.90 Å². The molecule has 200 valence electrons. The van der Waals surface area contributed by atoms with E-state index in [1.165, 1.54) is 6.07 Å². The van der Waals surface area contributed by atoms with Gasteiger partial charge in [0.1, 0.15) is 12.2 Å². The van der Waals surface area contributed by atoms with Gasteiger partial charge >= 0.3 is 6.18 Å². The Morgan fingerprint density at radius 3 is 2.30 bits per heavy atom. The summed E-state index contributed by atoms with van der Waals surface area (Å²) >= 11 is 5.95. The van der Waals surface area contributed by atoms with E-state index < -0.39 is 22.4 Å². The Labute approximate surface area is 217 Å². The number of nitro benzene ring substituents is 1. The quantitative estimate of drug-likeness (QED) is 0.376. The number of halogens is 4. The van der Waals surface area contributed by atoms with Crippen LogP contribution in [0.3, 0.4) is 0 Å². The van der Waals surface area contributed by atoms with Gasteiger partial charge in [-0.1, -0.05) is 11.6 Å². The van der Waals surface area contributed by atoms with Crippen molar-refractivity contribution >= 4 is 34.6 Å². The molecule has 1 saturated carbocycles. The summed E-state index contributed by atoms with van der Waals surface area (Å²) in [5.41, 5.74) is -0.977. The number of ether oxygens (including phenoxy) is 1. The van der Waals surface area contributed by atoms with Crippen LogP contribution >= 0.6 is 11.6 Å². The first kappa shape index (κ1) is 27.0. The largest absolute Gasteiger partial charge is 0.423 e. The van der Waals surface area contributed by atoms with Crippen molar-refractivity contribution in [3.05, 3.63) is 63.2 Å². The number of rotatable bonds is 7. The van der Waals surface area contributed by atoms with E-state index in [1.807, 2.05) is 24.3 Å². The van der Waals surface area contributed by atoms with Gasteiger partial charge in [0.05, 0.1) is 11.0 Å². The van der Waals surface area contributed by atoms with Crippen molar-refractivity contribution in [2.75, 3.05) is 43.0 Å². The monoisotopic (exact) mass is 540 g/mol. The normalized spacial score (nSPS) is 20.5. The number of nitro groups is 1. The minimum absolute atomic E-state index is 0.000994. The number of carbonyl (C=O) groups is 1. The van der Waals surface area contributed by atoms with E-state index in [4.69, 9.17) is 16.3 Å². The third-order valence-electron chi connectivity index (χ3n) is 6.81. The lowest BCUT2D eigenvalue weighted by Gasteiger charge is -2.36. The van der Waals surface area contributed by atoms with Gasteiger partial charge < -0.3 is 19.9 Å². The summed E-state index contributed by atoms with van der Waals surface area (Å²) in [6.45, 7) is 2.67. The molecule has 2 aromatic rings. The fourth-order valence-corrected chi connectivity index (χ4v) is 4.89. The van der Waals surface area contributed by atoms with Gasteiger partial charge in [-0.25, -0.2) is 0 Å². The van der Waals surface area contributed by atoms with Crippen LogP contribution in [0.2, 0.25) is 5.02 Å². The lowest BCUT2D eigenvalue weighted by atomic mass is 9.92. The molecule has 37 heavy (non-hydrogen) atoms. The molecule has 2 aliphatic rings. The van der Waals surface area contributed by atoms with Gasteiger partial charge in [0.2, 0.25) is 5.91 Å². The standard InChI is InChI=1S/C25H28ClF3N4O4/c26-17-1-6-20(7-2-17)31-11-13-32(14-12-31)24(34)16-37-21-8-3-18(4-9-21)30-19-5-10-23(33(35)36)22(15-19)25(27,28)29/h1-2,5-7,10,15,18,21,30H,3-4,8-9,11-14,16H2. The third-order valence-corrected chi connectivity index (χ3v) is 7.06. The van der Waals surface area contributed by atoms with Crippen LogP contribution in [0, 0.1) is 10.1 Å². The Kier molecular flexibility index (Phi) is 8.43. The number of nitrogens with zero attached hydrogens (tertiary/aromatic N) is 3. The average molecular weight is 541 g/mol. The molecule has 1 N–H and O–H groups in total. The van der Waals surface area contributed by atoms with E-state index >= 15 is 0 Å². The number of anilines is 2. The van der Waals surface area contributed by atoms with E-state index in [1.54, 1.807) is 4.90 Å². The molecule has 2 fully saturated rings. The van der Waals surface area contributed by atoms with Crippen LogP contribution in [-0.4, -0.2) is 60.7 Å². The molecule has 2 aromatic carbocycles. The third kappa shape index (κ3) is 7.04. The predicted octanol–water partition coefficient (Wildman–Crippen LogP) is 5.36. The smallest absolute Gasteiger partial charge is 0.382 e. The molecular weight excluding hydrogens is 513 g/mol. The van der Waals surface area contributed by atoms with Crippen LogP contribution in [0.5, 0.6) is 0 Å². The van der Waals surface area contributed by atoms with Crippen molar-refractivity contribution in [1.29, 1.82) is 0 Å². The number of amides is 1. The lowest BCUT2D eigenvalue weighted by Crippen LogP contribution is -2.50. The lowest BCUT2D eigenvalue weighted by molar-refractivity contribution is -0.388. The Morgan fingerprint density at radius 2 is 1.70 bits per heavy atom. The van der Waals surface area contributed by atoms with Gasteiger partial charge in [-0.3, -0.25) is 14.9 Å². The van der Waals surface area contributed by atoms with Crippen LogP contribution in [0.15, 0.2) is 42.5 Å². The topological polar surface area (TPSA) is 87.9 Å². The number of hydrogen-bond acceptors (Lipinski definition) is 6. The molecule has 1 saturated heterocycles. The number of benzene rings is 2. The maximum atomic E-state index is 13.2. The molecule has 12 heteroatoms. The zero-order valence-electron chi connectivity index (χ0n) is 20.0. The van der Waals surface area contributed by atoms with E-state index in [-0.39, 0.29) is 30.3 Å². The molecule has 1 heterocycles. The van der Waals surface area contributed by atoms with Gasteiger partial charge in [0.15, 0.2) is 0 Å².